The van der Waals surface area contributed by atoms with Crippen LogP contribution in [0.4, 0.5) is 0 Å². The summed E-state index contributed by atoms with van der Waals surface area (Å²) in [5.74, 6) is 0.728. The highest BCUT2D eigenvalue weighted by Crippen LogP contribution is 2.24. The fourth-order valence-electron chi connectivity index (χ4n) is 2.44. The van der Waals surface area contributed by atoms with Gasteiger partial charge in [-0.05, 0) is 38.1 Å². The van der Waals surface area contributed by atoms with Crippen LogP contribution >= 0.6 is 0 Å². The van der Waals surface area contributed by atoms with Crippen molar-refractivity contribution in [3.8, 4) is 0 Å². The molecule has 1 saturated heterocycles. The highest BCUT2D eigenvalue weighted by atomic mass is 16.6. The number of hydrogen-bond donors (Lipinski definition) is 4. The summed E-state index contributed by atoms with van der Waals surface area (Å²) in [5.41, 5.74) is 11.4. The Morgan fingerprint density at radius 3 is 2.56 bits per heavy atom. The van der Waals surface area contributed by atoms with Gasteiger partial charge in [-0.1, -0.05) is 0 Å². The molecule has 2 rings (SSSR count). The van der Waals surface area contributed by atoms with Gasteiger partial charge < -0.3 is 26.6 Å². The molecule has 0 radical (unpaired) electrons. The Bertz CT molecular complexity index is 221. The number of ether oxygens (including phenoxy) is 1. The van der Waals surface area contributed by atoms with Crippen molar-refractivity contribution in [2.45, 2.75) is 50.2 Å². The third-order valence-corrected chi connectivity index (χ3v) is 3.60. The number of nitrogens with one attached hydrogen (secondary N) is 1. The van der Waals surface area contributed by atoms with Crippen molar-refractivity contribution < 1.29 is 9.84 Å². The Labute approximate surface area is 96.5 Å². The number of nitrogens with two attached hydrogens (primary N) is 2. The van der Waals surface area contributed by atoms with E-state index in [0.29, 0.717) is 6.04 Å². The predicted molar refractivity (Wildman–Crippen MR) is 61.7 cm³/mol. The minimum atomic E-state index is -0.794. The minimum Gasteiger partial charge on any atom is -0.367 e. The second kappa shape index (κ2) is 5.42. The van der Waals surface area contributed by atoms with Gasteiger partial charge in [0.15, 0.2) is 6.29 Å². The van der Waals surface area contributed by atoms with Crippen molar-refractivity contribution in [1.82, 2.24) is 5.32 Å². The maximum atomic E-state index is 9.46. The minimum absolute atomic E-state index is 0.101. The predicted octanol–water partition coefficient (Wildman–Crippen LogP) is -0.862. The maximum absolute atomic E-state index is 9.46. The second-order valence-corrected chi connectivity index (χ2v) is 5.15. The van der Waals surface area contributed by atoms with E-state index in [9.17, 15) is 5.11 Å². The summed E-state index contributed by atoms with van der Waals surface area (Å²) in [6, 6.07) is 0.193. The summed E-state index contributed by atoms with van der Waals surface area (Å²) in [4.78, 5) is 0. The summed E-state index contributed by atoms with van der Waals surface area (Å²) in [7, 11) is 0. The van der Waals surface area contributed by atoms with Gasteiger partial charge in [-0.25, -0.2) is 0 Å². The van der Waals surface area contributed by atoms with Gasteiger partial charge in [0.2, 0.25) is 0 Å². The zero-order valence-corrected chi connectivity index (χ0v) is 9.64. The Kier molecular flexibility index (Phi) is 4.16. The number of aliphatic hydroxyl groups is 1. The first-order valence-electron chi connectivity index (χ1n) is 6.20. The van der Waals surface area contributed by atoms with Crippen LogP contribution in [0, 0.1) is 5.92 Å². The molecule has 0 aromatic rings. The summed E-state index contributed by atoms with van der Waals surface area (Å²) in [5, 5.41) is 12.8. The zero-order chi connectivity index (χ0) is 11.5. The molecule has 3 atom stereocenters. The molecule has 0 aromatic heterocycles. The molecule has 6 N–H and O–H groups in total. The van der Waals surface area contributed by atoms with Crippen LogP contribution in [0.15, 0.2) is 0 Å². The highest BCUT2D eigenvalue weighted by Gasteiger charge is 2.28. The van der Waals surface area contributed by atoms with Crippen LogP contribution in [-0.2, 0) is 4.74 Å². The molecule has 5 heteroatoms. The Balaban J connectivity index is 1.56. The van der Waals surface area contributed by atoms with E-state index < -0.39 is 6.29 Å². The van der Waals surface area contributed by atoms with Gasteiger partial charge in [-0.2, -0.15) is 0 Å². The zero-order valence-electron chi connectivity index (χ0n) is 9.64. The lowest BCUT2D eigenvalue weighted by Crippen LogP contribution is -2.48. The Hall–Kier alpha value is -0.200. The second-order valence-electron chi connectivity index (χ2n) is 5.15. The molecule has 16 heavy (non-hydrogen) atoms. The van der Waals surface area contributed by atoms with E-state index in [2.05, 4.69) is 5.32 Å². The van der Waals surface area contributed by atoms with Crippen molar-refractivity contribution in [3.63, 3.8) is 0 Å². The van der Waals surface area contributed by atoms with Crippen molar-refractivity contribution in [3.05, 3.63) is 0 Å². The smallest absolute Gasteiger partial charge is 0.170 e. The van der Waals surface area contributed by atoms with Gasteiger partial charge in [0, 0.05) is 12.6 Å². The molecular formula is C11H23N3O2. The van der Waals surface area contributed by atoms with Gasteiger partial charge in [0.25, 0.3) is 0 Å². The molecule has 1 heterocycles. The molecule has 1 aliphatic heterocycles. The van der Waals surface area contributed by atoms with E-state index in [4.69, 9.17) is 16.2 Å². The number of hydrogen-bond acceptors (Lipinski definition) is 5. The Morgan fingerprint density at radius 2 is 1.94 bits per heavy atom. The van der Waals surface area contributed by atoms with Crippen LogP contribution in [0.25, 0.3) is 0 Å². The molecule has 5 nitrogen and oxygen atoms in total. The lowest BCUT2D eigenvalue weighted by atomic mass is 9.81. The molecule has 0 unspecified atom stereocenters. The largest absolute Gasteiger partial charge is 0.367 e. The van der Waals surface area contributed by atoms with E-state index in [-0.39, 0.29) is 12.1 Å². The molecule has 0 spiro atoms. The van der Waals surface area contributed by atoms with E-state index in [1.165, 1.54) is 0 Å². The normalized spacial score (nSPS) is 44.1. The molecule has 94 valence electrons. The fourth-order valence-corrected chi connectivity index (χ4v) is 2.44. The van der Waals surface area contributed by atoms with E-state index in [0.717, 1.165) is 44.7 Å². The van der Waals surface area contributed by atoms with Crippen molar-refractivity contribution in [2.75, 3.05) is 13.1 Å². The average Bonchev–Trinajstić information content (AvgIpc) is 2.21. The molecule has 1 aliphatic carbocycles. The molecule has 1 saturated carbocycles. The Morgan fingerprint density at radius 1 is 1.19 bits per heavy atom. The summed E-state index contributed by atoms with van der Waals surface area (Å²) in [6.07, 6.45) is 3.33. The first-order chi connectivity index (χ1) is 7.65. The monoisotopic (exact) mass is 229 g/mol. The SMILES string of the molecule is NC1CC(CNC[C@@H]2CC[C@@H](N)[C@@H](O)O2)C1. The van der Waals surface area contributed by atoms with E-state index >= 15 is 0 Å². The highest BCUT2D eigenvalue weighted by molar-refractivity contribution is 4.84. The third-order valence-electron chi connectivity index (χ3n) is 3.60. The first kappa shape index (κ1) is 12.3. The molecular weight excluding hydrogens is 206 g/mol. The van der Waals surface area contributed by atoms with Crippen molar-refractivity contribution in [1.29, 1.82) is 0 Å². The van der Waals surface area contributed by atoms with E-state index in [1.54, 1.807) is 0 Å². The van der Waals surface area contributed by atoms with Crippen LogP contribution in [0.2, 0.25) is 0 Å². The standard InChI is InChI=1S/C11H23N3O2/c12-8-3-7(4-8)5-14-6-9-1-2-10(13)11(15)16-9/h7-11,14-15H,1-6,12-13H2/t7?,8?,9-,10+,11-/m0/s1. The van der Waals surface area contributed by atoms with Crippen LogP contribution < -0.4 is 16.8 Å². The fraction of sp³-hybridized carbons (Fsp3) is 1.00. The van der Waals surface area contributed by atoms with Crippen LogP contribution in [0.1, 0.15) is 25.7 Å². The van der Waals surface area contributed by atoms with Gasteiger partial charge in [-0.15, -0.1) is 0 Å². The first-order valence-corrected chi connectivity index (χ1v) is 6.20. The van der Waals surface area contributed by atoms with Crippen LogP contribution in [0.3, 0.4) is 0 Å². The summed E-state index contributed by atoms with van der Waals surface area (Å²) in [6.45, 7) is 1.81. The molecule has 2 fully saturated rings. The molecule has 0 amide bonds. The van der Waals surface area contributed by atoms with Gasteiger partial charge in [0.05, 0.1) is 12.1 Å². The summed E-state index contributed by atoms with van der Waals surface area (Å²) < 4.78 is 5.40. The van der Waals surface area contributed by atoms with Crippen molar-refractivity contribution >= 4 is 0 Å². The topological polar surface area (TPSA) is 93.5 Å². The molecule has 0 aromatic carbocycles. The van der Waals surface area contributed by atoms with Gasteiger partial charge >= 0.3 is 0 Å². The third kappa shape index (κ3) is 3.15. The van der Waals surface area contributed by atoms with Crippen LogP contribution in [-0.4, -0.2) is 42.7 Å². The summed E-state index contributed by atoms with van der Waals surface area (Å²) >= 11 is 0. The number of aliphatic hydroxyl groups excluding tert-OH is 1. The van der Waals surface area contributed by atoms with Gasteiger partial charge in [0.1, 0.15) is 0 Å². The maximum Gasteiger partial charge on any atom is 0.170 e. The van der Waals surface area contributed by atoms with Gasteiger partial charge in [-0.3, -0.25) is 0 Å². The van der Waals surface area contributed by atoms with Crippen LogP contribution in [0.5, 0.6) is 0 Å². The average molecular weight is 229 g/mol. The molecule has 2 aliphatic rings. The number of rotatable bonds is 4. The quantitative estimate of drug-likeness (QED) is 0.503. The lowest BCUT2D eigenvalue weighted by Gasteiger charge is -2.34. The molecule has 0 bridgehead atoms. The lowest BCUT2D eigenvalue weighted by molar-refractivity contribution is -0.170. The van der Waals surface area contributed by atoms with E-state index in [1.807, 2.05) is 0 Å². The van der Waals surface area contributed by atoms with Crippen molar-refractivity contribution in [2.24, 2.45) is 17.4 Å².